The summed E-state index contributed by atoms with van der Waals surface area (Å²) in [7, 11) is 0. The van der Waals surface area contributed by atoms with E-state index < -0.39 is 41.5 Å². The molecule has 0 radical (unpaired) electrons. The van der Waals surface area contributed by atoms with Crippen molar-refractivity contribution in [3.63, 3.8) is 0 Å². The van der Waals surface area contributed by atoms with Crippen molar-refractivity contribution < 1.29 is 32.1 Å². The number of hydrogen-bond donors (Lipinski definition) is 0. The Morgan fingerprint density at radius 3 is 1.34 bits per heavy atom. The highest BCUT2D eigenvalue weighted by Crippen LogP contribution is 2.42. The monoisotopic (exact) mass is 480 g/mol. The van der Waals surface area contributed by atoms with Crippen LogP contribution >= 0.6 is 0 Å². The maximum atomic E-state index is 15.4. The van der Waals surface area contributed by atoms with Crippen molar-refractivity contribution in [3.05, 3.63) is 125 Å². The molecule has 35 heavy (non-hydrogen) atoms. The van der Waals surface area contributed by atoms with Gasteiger partial charge in [-0.2, -0.15) is 13.2 Å². The van der Waals surface area contributed by atoms with Crippen LogP contribution in [0.15, 0.2) is 91.0 Å². The zero-order valence-electron chi connectivity index (χ0n) is 18.8. The Bertz CT molecular complexity index is 1220. The van der Waals surface area contributed by atoms with E-state index in [2.05, 4.69) is 0 Å². The molecule has 0 fully saturated rings. The predicted molar refractivity (Wildman–Crippen MR) is 125 cm³/mol. The van der Waals surface area contributed by atoms with Crippen molar-refractivity contribution in [3.8, 4) is 17.2 Å². The van der Waals surface area contributed by atoms with E-state index in [4.69, 9.17) is 18.9 Å². The molecule has 0 saturated carbocycles. The van der Waals surface area contributed by atoms with E-state index in [1.54, 1.807) is 60.7 Å². The zero-order chi connectivity index (χ0) is 24.5. The Kier molecular flexibility index (Phi) is 8.25. The topological polar surface area (TPSA) is 36.9 Å². The number of hydrogen-bond acceptors (Lipinski definition) is 4. The summed E-state index contributed by atoms with van der Waals surface area (Å²) in [6.45, 7) is -0.523. The zero-order valence-corrected chi connectivity index (χ0v) is 18.8. The summed E-state index contributed by atoms with van der Waals surface area (Å²) >= 11 is 0. The first kappa shape index (κ1) is 24.2. The third-order valence-electron chi connectivity index (χ3n) is 5.05. The third kappa shape index (κ3) is 6.33. The van der Waals surface area contributed by atoms with Crippen molar-refractivity contribution >= 4 is 0 Å². The van der Waals surface area contributed by atoms with Crippen LogP contribution in [0.4, 0.5) is 13.2 Å². The van der Waals surface area contributed by atoms with Gasteiger partial charge < -0.3 is 18.9 Å². The summed E-state index contributed by atoms with van der Waals surface area (Å²) in [5.41, 5.74) is 2.21. The average Bonchev–Trinajstić information content (AvgIpc) is 2.90. The Hall–Kier alpha value is -3.97. The molecule has 0 aromatic heterocycles. The maximum Gasteiger partial charge on any atom is 0.214 e. The van der Waals surface area contributed by atoms with Crippen molar-refractivity contribution in [2.75, 3.05) is 6.79 Å². The van der Waals surface area contributed by atoms with E-state index in [9.17, 15) is 4.39 Å². The van der Waals surface area contributed by atoms with Gasteiger partial charge in [-0.25, -0.2) is 0 Å². The summed E-state index contributed by atoms with van der Waals surface area (Å²) in [6, 6.07) is 26.8. The lowest BCUT2D eigenvalue weighted by Crippen LogP contribution is -2.11. The molecule has 0 aliphatic carbocycles. The molecule has 0 bridgehead atoms. The van der Waals surface area contributed by atoms with Gasteiger partial charge in [0.15, 0.2) is 12.5 Å². The number of benzene rings is 4. The van der Waals surface area contributed by atoms with Crippen molar-refractivity contribution in [1.29, 1.82) is 0 Å². The molecule has 4 nitrogen and oxygen atoms in total. The fourth-order valence-electron chi connectivity index (χ4n) is 3.28. The number of rotatable bonds is 11. The first-order valence-corrected chi connectivity index (χ1v) is 10.9. The van der Waals surface area contributed by atoms with Crippen LogP contribution in [0.2, 0.25) is 0 Å². The molecule has 0 spiro atoms. The highest BCUT2D eigenvalue weighted by molar-refractivity contribution is 5.49. The van der Waals surface area contributed by atoms with Gasteiger partial charge in [-0.1, -0.05) is 91.0 Å². The van der Waals surface area contributed by atoms with E-state index in [1.807, 2.05) is 30.3 Å². The molecule has 0 amide bonds. The fourth-order valence-corrected chi connectivity index (χ4v) is 3.28. The van der Waals surface area contributed by atoms with Gasteiger partial charge in [0, 0.05) is 0 Å². The van der Waals surface area contributed by atoms with Crippen LogP contribution < -0.4 is 14.2 Å². The SMILES string of the molecule is Fc1c(F)c(OCc2ccccc2)c(OCOCc2ccccc2)c(F)c1OCc1ccccc1. The first-order chi connectivity index (χ1) is 17.1. The first-order valence-electron chi connectivity index (χ1n) is 10.9. The fraction of sp³-hybridized carbons (Fsp3) is 0.143. The Morgan fingerprint density at radius 2 is 0.829 bits per heavy atom. The minimum atomic E-state index is -1.50. The van der Waals surface area contributed by atoms with Crippen LogP contribution in [0.3, 0.4) is 0 Å². The van der Waals surface area contributed by atoms with Crippen molar-refractivity contribution in [1.82, 2.24) is 0 Å². The lowest BCUT2D eigenvalue weighted by atomic mass is 10.2. The van der Waals surface area contributed by atoms with Crippen LogP contribution in [0, 0.1) is 17.5 Å². The summed E-state index contributed by atoms with van der Waals surface area (Å²) < 4.78 is 66.8. The van der Waals surface area contributed by atoms with Gasteiger partial charge in [0.25, 0.3) is 0 Å². The lowest BCUT2D eigenvalue weighted by Gasteiger charge is -2.18. The number of halogens is 3. The molecule has 0 N–H and O–H groups in total. The summed E-state index contributed by atoms with van der Waals surface area (Å²) in [6.07, 6.45) is 0. The third-order valence-corrected chi connectivity index (χ3v) is 5.05. The molecular formula is C28H23F3O4. The van der Waals surface area contributed by atoms with Crippen LogP contribution in [-0.4, -0.2) is 6.79 Å². The molecule has 0 unspecified atom stereocenters. The molecule has 180 valence electrons. The maximum absolute atomic E-state index is 15.4. The summed E-state index contributed by atoms with van der Waals surface area (Å²) in [4.78, 5) is 0. The van der Waals surface area contributed by atoms with Gasteiger partial charge in [0.05, 0.1) is 6.61 Å². The van der Waals surface area contributed by atoms with E-state index >= 15 is 8.78 Å². The molecule has 0 saturated heterocycles. The van der Waals surface area contributed by atoms with Crippen LogP contribution in [-0.2, 0) is 24.6 Å². The van der Waals surface area contributed by atoms with E-state index in [1.165, 1.54) is 0 Å². The molecule has 4 aromatic rings. The molecule has 4 rings (SSSR count). The largest absolute Gasteiger partial charge is 0.483 e. The second-order valence-corrected chi connectivity index (χ2v) is 7.57. The van der Waals surface area contributed by atoms with Gasteiger partial charge >= 0.3 is 0 Å². The lowest BCUT2D eigenvalue weighted by molar-refractivity contribution is 0.000325. The molecule has 0 heterocycles. The van der Waals surface area contributed by atoms with E-state index in [0.29, 0.717) is 11.1 Å². The Balaban J connectivity index is 1.56. The minimum Gasteiger partial charge on any atom is -0.483 e. The molecule has 7 heteroatoms. The normalized spacial score (nSPS) is 10.7. The predicted octanol–water partition coefficient (Wildman–Crippen LogP) is 6.82. The molecule has 0 atom stereocenters. The van der Waals surface area contributed by atoms with E-state index in [-0.39, 0.29) is 19.8 Å². The average molecular weight is 480 g/mol. The van der Waals surface area contributed by atoms with Crippen molar-refractivity contribution in [2.45, 2.75) is 19.8 Å². The molecular weight excluding hydrogens is 457 g/mol. The summed E-state index contributed by atoms with van der Waals surface area (Å²) in [5.74, 6) is -6.35. The molecule has 0 aliphatic heterocycles. The van der Waals surface area contributed by atoms with Crippen LogP contribution in [0.25, 0.3) is 0 Å². The molecule has 4 aromatic carbocycles. The Labute approximate surface area is 201 Å². The smallest absolute Gasteiger partial charge is 0.214 e. The molecule has 0 aliphatic rings. The Morgan fingerprint density at radius 1 is 0.429 bits per heavy atom. The standard InChI is InChI=1S/C28H23F3O4/c29-23-24(30)27(34-18-22-14-8-3-9-15-22)28(35-19-32-16-20-10-4-1-5-11-20)25(31)26(23)33-17-21-12-6-2-7-13-21/h1-15H,16-19H2. The van der Waals surface area contributed by atoms with Gasteiger partial charge in [-0.15, -0.1) is 0 Å². The van der Waals surface area contributed by atoms with Crippen molar-refractivity contribution in [2.24, 2.45) is 0 Å². The van der Waals surface area contributed by atoms with Gasteiger partial charge in [-0.05, 0) is 16.7 Å². The second kappa shape index (κ2) is 11.9. The minimum absolute atomic E-state index is 0.123. The second-order valence-electron chi connectivity index (χ2n) is 7.57. The van der Waals surface area contributed by atoms with Gasteiger partial charge in [-0.3, -0.25) is 0 Å². The highest BCUT2D eigenvalue weighted by Gasteiger charge is 2.29. The van der Waals surface area contributed by atoms with Crippen LogP contribution in [0.5, 0.6) is 17.2 Å². The number of ether oxygens (including phenoxy) is 4. The quantitative estimate of drug-likeness (QED) is 0.134. The van der Waals surface area contributed by atoms with Gasteiger partial charge in [0.2, 0.25) is 29.0 Å². The summed E-state index contributed by atoms with van der Waals surface area (Å²) in [5, 5.41) is 0. The van der Waals surface area contributed by atoms with Crippen LogP contribution in [0.1, 0.15) is 16.7 Å². The van der Waals surface area contributed by atoms with Gasteiger partial charge in [0.1, 0.15) is 13.2 Å². The highest BCUT2D eigenvalue weighted by atomic mass is 19.2. The van der Waals surface area contributed by atoms with E-state index in [0.717, 1.165) is 5.56 Å².